The number of para-hydroxylation sites is 1. The quantitative estimate of drug-likeness (QED) is 0.452. The Bertz CT molecular complexity index is 1460. The highest BCUT2D eigenvalue weighted by atomic mass is 16.2. The van der Waals surface area contributed by atoms with Crippen LogP contribution in [0.25, 0.3) is 21.8 Å². The number of aromatic nitrogens is 3. The zero-order valence-electron chi connectivity index (χ0n) is 18.5. The maximum absolute atomic E-state index is 12.6. The van der Waals surface area contributed by atoms with E-state index >= 15 is 0 Å². The smallest absolute Gasteiger partial charge is 0.329 e. The fraction of sp³-hybridized carbons (Fsp3) is 0.250. The van der Waals surface area contributed by atoms with Gasteiger partial charge in [0.05, 0.1) is 10.9 Å². The van der Waals surface area contributed by atoms with Gasteiger partial charge in [0.15, 0.2) is 0 Å². The number of anilines is 1. The third-order valence-electron chi connectivity index (χ3n) is 5.67. The minimum Gasteiger partial charge on any atom is -0.342 e. The highest BCUT2D eigenvalue weighted by Crippen LogP contribution is 2.21. The van der Waals surface area contributed by atoms with Crippen molar-refractivity contribution in [1.82, 2.24) is 19.0 Å². The summed E-state index contributed by atoms with van der Waals surface area (Å²) in [5.41, 5.74) is 0.675. The van der Waals surface area contributed by atoms with Gasteiger partial charge in [-0.3, -0.25) is 19.0 Å². The van der Waals surface area contributed by atoms with Crippen molar-refractivity contribution in [3.8, 4) is 0 Å². The van der Waals surface area contributed by atoms with Gasteiger partial charge in [-0.1, -0.05) is 12.1 Å². The van der Waals surface area contributed by atoms with Gasteiger partial charge in [0, 0.05) is 35.9 Å². The molecule has 4 aromatic rings. The van der Waals surface area contributed by atoms with Crippen LogP contribution in [0, 0.1) is 0 Å². The van der Waals surface area contributed by atoms with Gasteiger partial charge in [-0.05, 0) is 50.2 Å². The van der Waals surface area contributed by atoms with Gasteiger partial charge in [-0.2, -0.15) is 0 Å². The normalized spacial score (nSPS) is 11.1. The van der Waals surface area contributed by atoms with E-state index in [1.54, 1.807) is 41.3 Å². The molecular formula is C24H25N5O4. The second-order valence-electron chi connectivity index (χ2n) is 7.70. The number of rotatable bonds is 7. The molecule has 0 spiro atoms. The number of H-pyrrole nitrogens is 1. The molecule has 0 radical (unpaired) electrons. The lowest BCUT2D eigenvalue weighted by Gasteiger charge is -2.19. The molecule has 0 saturated carbocycles. The molecule has 2 amide bonds. The van der Waals surface area contributed by atoms with Gasteiger partial charge in [0.1, 0.15) is 13.1 Å². The van der Waals surface area contributed by atoms with E-state index in [2.05, 4.69) is 10.3 Å². The standard InChI is InChI=1S/C24H25N5O4/c1-3-27(4-2)22(31)15-28-12-11-16-13-17(9-10-20(16)28)25-21(30)14-29-23(32)18-7-5-6-8-19(18)26-24(29)33/h5-13H,3-4,14-15H2,1-2H3,(H,25,30)(H,26,33). The number of carbonyl (C=O) groups excluding carboxylic acids is 2. The third-order valence-corrected chi connectivity index (χ3v) is 5.67. The Hall–Kier alpha value is -4.14. The number of hydrogen-bond donors (Lipinski definition) is 2. The number of nitrogens with zero attached hydrogens (tertiary/aromatic N) is 3. The third kappa shape index (κ3) is 4.43. The number of amides is 2. The van der Waals surface area contributed by atoms with E-state index in [1.807, 2.05) is 36.7 Å². The Morgan fingerprint density at radius 1 is 1.00 bits per heavy atom. The van der Waals surface area contributed by atoms with Crippen LogP contribution in [-0.2, 0) is 22.7 Å². The molecule has 0 saturated heterocycles. The molecule has 9 nitrogen and oxygen atoms in total. The lowest BCUT2D eigenvalue weighted by Crippen LogP contribution is -2.38. The second-order valence-corrected chi connectivity index (χ2v) is 7.70. The van der Waals surface area contributed by atoms with Crippen molar-refractivity contribution in [3.05, 3.63) is 75.6 Å². The summed E-state index contributed by atoms with van der Waals surface area (Å²) in [6, 6.07) is 13.9. The zero-order chi connectivity index (χ0) is 23.5. The lowest BCUT2D eigenvalue weighted by molar-refractivity contribution is -0.131. The van der Waals surface area contributed by atoms with Crippen molar-refractivity contribution in [2.45, 2.75) is 26.9 Å². The van der Waals surface area contributed by atoms with Gasteiger partial charge in [0.25, 0.3) is 5.56 Å². The molecule has 170 valence electrons. The fourth-order valence-electron chi connectivity index (χ4n) is 3.92. The molecule has 2 heterocycles. The van der Waals surface area contributed by atoms with E-state index < -0.39 is 23.7 Å². The summed E-state index contributed by atoms with van der Waals surface area (Å²) in [6.45, 7) is 5.05. The van der Waals surface area contributed by atoms with Gasteiger partial charge in [0.2, 0.25) is 11.8 Å². The number of fused-ring (bicyclic) bond motifs is 2. The summed E-state index contributed by atoms with van der Waals surface area (Å²) >= 11 is 0. The summed E-state index contributed by atoms with van der Waals surface area (Å²) in [5, 5.41) is 3.94. The van der Waals surface area contributed by atoms with E-state index in [0.717, 1.165) is 15.5 Å². The summed E-state index contributed by atoms with van der Waals surface area (Å²) < 4.78 is 2.75. The van der Waals surface area contributed by atoms with Crippen molar-refractivity contribution >= 4 is 39.3 Å². The molecule has 0 atom stereocenters. The van der Waals surface area contributed by atoms with Crippen LogP contribution in [0.2, 0.25) is 0 Å². The predicted molar refractivity (Wildman–Crippen MR) is 127 cm³/mol. The monoisotopic (exact) mass is 447 g/mol. The molecule has 0 fully saturated rings. The maximum atomic E-state index is 12.6. The van der Waals surface area contributed by atoms with Crippen molar-refractivity contribution < 1.29 is 9.59 Å². The fourth-order valence-corrected chi connectivity index (χ4v) is 3.92. The van der Waals surface area contributed by atoms with Crippen LogP contribution in [0.5, 0.6) is 0 Å². The molecule has 4 rings (SSSR count). The summed E-state index contributed by atoms with van der Waals surface area (Å²) in [4.78, 5) is 54.3. The van der Waals surface area contributed by atoms with E-state index in [4.69, 9.17) is 0 Å². The highest BCUT2D eigenvalue weighted by molar-refractivity contribution is 5.94. The van der Waals surface area contributed by atoms with Gasteiger partial charge in [-0.25, -0.2) is 4.79 Å². The number of aromatic amines is 1. The van der Waals surface area contributed by atoms with E-state index in [-0.39, 0.29) is 12.5 Å². The van der Waals surface area contributed by atoms with Gasteiger partial charge in [-0.15, -0.1) is 0 Å². The van der Waals surface area contributed by atoms with Crippen LogP contribution < -0.4 is 16.6 Å². The number of hydrogen-bond acceptors (Lipinski definition) is 4. The molecule has 0 aliphatic heterocycles. The van der Waals surface area contributed by atoms with E-state index in [1.165, 1.54) is 0 Å². The average molecular weight is 447 g/mol. The first-order valence-electron chi connectivity index (χ1n) is 10.8. The van der Waals surface area contributed by atoms with Crippen LogP contribution in [0.15, 0.2) is 64.3 Å². The number of likely N-dealkylation sites (N-methyl/N-ethyl adjacent to an activating group) is 1. The largest absolute Gasteiger partial charge is 0.342 e. The molecule has 2 aromatic heterocycles. The molecule has 33 heavy (non-hydrogen) atoms. The Kier molecular flexibility index (Phi) is 6.12. The molecule has 0 unspecified atom stereocenters. The first-order chi connectivity index (χ1) is 15.9. The van der Waals surface area contributed by atoms with Crippen molar-refractivity contribution in [2.24, 2.45) is 0 Å². The van der Waals surface area contributed by atoms with Crippen LogP contribution >= 0.6 is 0 Å². The molecule has 0 aliphatic rings. The van der Waals surface area contributed by atoms with Crippen molar-refractivity contribution in [3.63, 3.8) is 0 Å². The van der Waals surface area contributed by atoms with Crippen LogP contribution in [0.1, 0.15) is 13.8 Å². The average Bonchev–Trinajstić information content (AvgIpc) is 3.19. The van der Waals surface area contributed by atoms with Crippen molar-refractivity contribution in [2.75, 3.05) is 18.4 Å². The summed E-state index contributed by atoms with van der Waals surface area (Å²) in [6.07, 6.45) is 1.84. The van der Waals surface area contributed by atoms with E-state index in [9.17, 15) is 19.2 Å². The van der Waals surface area contributed by atoms with Crippen LogP contribution in [0.4, 0.5) is 5.69 Å². The lowest BCUT2D eigenvalue weighted by atomic mass is 10.2. The highest BCUT2D eigenvalue weighted by Gasteiger charge is 2.14. The zero-order valence-corrected chi connectivity index (χ0v) is 18.5. The molecular weight excluding hydrogens is 422 g/mol. The van der Waals surface area contributed by atoms with Gasteiger partial charge < -0.3 is 19.8 Å². The second kappa shape index (κ2) is 9.15. The Balaban J connectivity index is 1.51. The summed E-state index contributed by atoms with van der Waals surface area (Å²) in [5.74, 6) is -0.450. The number of carbonyl (C=O) groups is 2. The van der Waals surface area contributed by atoms with Crippen LogP contribution in [-0.4, -0.2) is 43.9 Å². The molecule has 2 N–H and O–H groups in total. The first kappa shape index (κ1) is 22.1. The number of benzene rings is 2. The Morgan fingerprint density at radius 3 is 2.52 bits per heavy atom. The molecule has 9 heteroatoms. The van der Waals surface area contributed by atoms with Gasteiger partial charge >= 0.3 is 5.69 Å². The molecule has 2 aromatic carbocycles. The molecule has 0 bridgehead atoms. The maximum Gasteiger partial charge on any atom is 0.329 e. The van der Waals surface area contributed by atoms with E-state index in [0.29, 0.717) is 29.7 Å². The Labute approximate surface area is 189 Å². The minimum absolute atomic E-state index is 0.0425. The van der Waals surface area contributed by atoms with Crippen molar-refractivity contribution in [1.29, 1.82) is 0 Å². The summed E-state index contributed by atoms with van der Waals surface area (Å²) in [7, 11) is 0. The predicted octanol–water partition coefficient (Wildman–Crippen LogP) is 2.15. The minimum atomic E-state index is -0.640. The number of nitrogens with one attached hydrogen (secondary N) is 2. The Morgan fingerprint density at radius 2 is 1.76 bits per heavy atom. The first-order valence-corrected chi connectivity index (χ1v) is 10.8. The SMILES string of the molecule is CCN(CC)C(=O)Cn1ccc2cc(NC(=O)Cn3c(=O)[nH]c4ccccc4c3=O)ccc21. The topological polar surface area (TPSA) is 109 Å². The van der Waals surface area contributed by atoms with Crippen LogP contribution in [0.3, 0.4) is 0 Å². The molecule has 0 aliphatic carbocycles.